The van der Waals surface area contributed by atoms with E-state index in [9.17, 15) is 70.2 Å². The van der Waals surface area contributed by atoms with Crippen LogP contribution in [0.25, 0.3) is 0 Å². The van der Waals surface area contributed by atoms with Crippen LogP contribution in [-0.2, 0) is 0 Å². The van der Waals surface area contributed by atoms with Crippen molar-refractivity contribution in [1.29, 1.82) is 0 Å². The normalized spacial score (nSPS) is 15.5. The molecule has 0 aliphatic carbocycles. The molecule has 188 valence electrons. The predicted molar refractivity (Wildman–Crippen MR) is 73.0 cm³/mol. The lowest BCUT2D eigenvalue weighted by atomic mass is 9.87. The van der Waals surface area contributed by atoms with Crippen LogP contribution in [0.2, 0.25) is 0 Å². The van der Waals surface area contributed by atoms with Gasteiger partial charge in [0, 0.05) is 12.8 Å². The smallest absolute Gasteiger partial charge is 0.317 e. The number of halogens is 16. The first-order chi connectivity index (χ1) is 13.5. The lowest BCUT2D eigenvalue weighted by molar-refractivity contribution is -0.349. The number of hydrogen-bond donors (Lipinski definition) is 1. The molecule has 0 rings (SSSR count). The third-order valence-corrected chi connectivity index (χ3v) is 4.08. The fraction of sp³-hybridized carbons (Fsp3) is 1.00. The quantitative estimate of drug-likeness (QED) is 0.291. The van der Waals surface area contributed by atoms with Gasteiger partial charge in [0.25, 0.3) is 0 Å². The molecular weight excluding hydrogens is 486 g/mol. The van der Waals surface area contributed by atoms with Crippen LogP contribution in [0.1, 0.15) is 19.8 Å². The Morgan fingerprint density at radius 2 is 0.871 bits per heavy atom. The van der Waals surface area contributed by atoms with Crippen molar-refractivity contribution in [3.8, 4) is 0 Å². The van der Waals surface area contributed by atoms with Crippen molar-refractivity contribution < 1.29 is 70.2 Å². The summed E-state index contributed by atoms with van der Waals surface area (Å²) in [4.78, 5) is 0. The maximum absolute atomic E-state index is 13.7. The molecule has 0 unspecified atom stereocenters. The van der Waals surface area contributed by atoms with E-state index in [0.29, 0.717) is 0 Å². The van der Waals surface area contributed by atoms with Gasteiger partial charge in [-0.25, -0.2) is 17.6 Å². The Hall–Kier alpha value is -1.16. The van der Waals surface area contributed by atoms with Gasteiger partial charge in [-0.3, -0.25) is 0 Å². The maximum atomic E-state index is 13.7. The monoisotopic (exact) mass is 501 g/mol. The molecule has 0 amide bonds. The highest BCUT2D eigenvalue weighted by Crippen LogP contribution is 2.54. The summed E-state index contributed by atoms with van der Waals surface area (Å²) in [6.07, 6.45) is -16.4. The van der Waals surface area contributed by atoms with E-state index in [2.05, 4.69) is 0 Å². The van der Waals surface area contributed by atoms with Crippen molar-refractivity contribution in [2.24, 2.45) is 5.92 Å². The summed E-state index contributed by atoms with van der Waals surface area (Å²) in [6.45, 7) is -0.582. The Kier molecular flexibility index (Phi) is 9.02. The average Bonchev–Trinajstić information content (AvgIpc) is 2.57. The summed E-state index contributed by atoms with van der Waals surface area (Å²) in [5, 5.41) is 1.89. The molecule has 0 aromatic carbocycles. The third kappa shape index (κ3) is 5.61. The first kappa shape index (κ1) is 29.8. The standard InChI is InChI=1S/C14H15F16N/c1-2-31-5-6(3-9(19,20)13(27,28)11(23,24)7(15)16)4-10(21,22)14(29,30)12(25,26)8(17)18/h6-8,31H,2-5H2,1H3. The summed E-state index contributed by atoms with van der Waals surface area (Å²) in [6, 6.07) is 0. The SMILES string of the molecule is CCNCC(CC(F)(F)C(F)(F)C(F)(F)C(F)F)CC(F)(F)C(F)(F)C(F)(F)C(F)F. The molecule has 0 spiro atoms. The topological polar surface area (TPSA) is 12.0 Å². The lowest BCUT2D eigenvalue weighted by Crippen LogP contribution is -2.60. The molecule has 1 N–H and O–H groups in total. The van der Waals surface area contributed by atoms with Gasteiger partial charge in [-0.2, -0.15) is 52.7 Å². The molecule has 0 bridgehead atoms. The zero-order chi connectivity index (χ0) is 25.3. The van der Waals surface area contributed by atoms with Gasteiger partial charge in [-0.15, -0.1) is 0 Å². The zero-order valence-electron chi connectivity index (χ0n) is 15.1. The van der Waals surface area contributed by atoms with Crippen molar-refractivity contribution >= 4 is 0 Å². The first-order valence-electron chi connectivity index (χ1n) is 8.06. The number of hydrogen-bond acceptors (Lipinski definition) is 1. The summed E-state index contributed by atoms with van der Waals surface area (Å²) in [5.74, 6) is -42.5. The predicted octanol–water partition coefficient (Wildman–Crippen LogP) is 6.33. The van der Waals surface area contributed by atoms with Crippen molar-refractivity contribution in [3.63, 3.8) is 0 Å². The molecule has 0 saturated heterocycles. The summed E-state index contributed by atoms with van der Waals surface area (Å²) >= 11 is 0. The highest BCUT2D eigenvalue weighted by Gasteiger charge is 2.77. The summed E-state index contributed by atoms with van der Waals surface area (Å²) in [7, 11) is 0. The minimum atomic E-state index is -6.87. The van der Waals surface area contributed by atoms with Crippen molar-refractivity contribution in [2.75, 3.05) is 13.1 Å². The van der Waals surface area contributed by atoms with Crippen LogP contribution >= 0.6 is 0 Å². The molecule has 0 aliphatic heterocycles. The van der Waals surface area contributed by atoms with Gasteiger partial charge in [-0.05, 0) is 19.0 Å². The highest BCUT2D eigenvalue weighted by atomic mass is 19.4. The van der Waals surface area contributed by atoms with E-state index < -0.39 is 73.7 Å². The van der Waals surface area contributed by atoms with Gasteiger partial charge in [0.15, 0.2) is 0 Å². The van der Waals surface area contributed by atoms with E-state index in [0.717, 1.165) is 6.92 Å². The van der Waals surface area contributed by atoms with Crippen molar-refractivity contribution in [1.82, 2.24) is 5.32 Å². The number of rotatable bonds is 13. The van der Waals surface area contributed by atoms with E-state index in [1.54, 1.807) is 0 Å². The summed E-state index contributed by atoms with van der Waals surface area (Å²) in [5.41, 5.74) is 0. The molecule has 0 atom stereocenters. The molecule has 17 heteroatoms. The molecule has 0 aromatic heterocycles. The van der Waals surface area contributed by atoms with Crippen LogP contribution in [0, 0.1) is 5.92 Å². The number of alkyl halides is 16. The van der Waals surface area contributed by atoms with Crippen LogP contribution in [0.15, 0.2) is 0 Å². The second-order valence-corrected chi connectivity index (χ2v) is 6.49. The van der Waals surface area contributed by atoms with Gasteiger partial charge in [0.05, 0.1) is 0 Å². The second-order valence-electron chi connectivity index (χ2n) is 6.49. The number of nitrogens with one attached hydrogen (secondary N) is 1. The fourth-order valence-corrected chi connectivity index (χ4v) is 2.31. The van der Waals surface area contributed by atoms with Gasteiger partial charge < -0.3 is 5.32 Å². The van der Waals surface area contributed by atoms with Crippen molar-refractivity contribution in [3.05, 3.63) is 0 Å². The third-order valence-electron chi connectivity index (χ3n) is 4.08. The average molecular weight is 501 g/mol. The van der Waals surface area contributed by atoms with Gasteiger partial charge in [0.2, 0.25) is 0 Å². The molecule has 0 heterocycles. The largest absolute Gasteiger partial charge is 0.377 e. The van der Waals surface area contributed by atoms with E-state index in [-0.39, 0.29) is 6.54 Å². The minimum absolute atomic E-state index is 0.346. The minimum Gasteiger partial charge on any atom is -0.317 e. The van der Waals surface area contributed by atoms with E-state index >= 15 is 0 Å². The maximum Gasteiger partial charge on any atom is 0.377 e. The van der Waals surface area contributed by atoms with Crippen LogP contribution in [0.3, 0.4) is 0 Å². The Balaban J connectivity index is 6.01. The molecule has 1 nitrogen and oxygen atoms in total. The fourth-order valence-electron chi connectivity index (χ4n) is 2.31. The van der Waals surface area contributed by atoms with Gasteiger partial charge in [0.1, 0.15) is 0 Å². The first-order valence-corrected chi connectivity index (χ1v) is 8.06. The zero-order valence-corrected chi connectivity index (χ0v) is 15.1. The van der Waals surface area contributed by atoms with Crippen molar-refractivity contribution in [2.45, 2.75) is 68.2 Å². The Labute approximate surface area is 164 Å². The Bertz CT molecular complexity index is 527. The van der Waals surface area contributed by atoms with Crippen LogP contribution in [-0.4, -0.2) is 61.5 Å². The molecule has 0 saturated carbocycles. The summed E-state index contributed by atoms with van der Waals surface area (Å²) < 4.78 is 208. The van der Waals surface area contributed by atoms with Crippen LogP contribution in [0.4, 0.5) is 70.2 Å². The van der Waals surface area contributed by atoms with Gasteiger partial charge in [-0.1, -0.05) is 6.92 Å². The molecule has 31 heavy (non-hydrogen) atoms. The second kappa shape index (κ2) is 9.37. The van der Waals surface area contributed by atoms with E-state index in [1.165, 1.54) is 0 Å². The lowest BCUT2D eigenvalue weighted by Gasteiger charge is -2.37. The van der Waals surface area contributed by atoms with Crippen LogP contribution < -0.4 is 5.32 Å². The molecule has 0 aliphatic rings. The molecule has 0 fully saturated rings. The Morgan fingerprint density at radius 1 is 0.581 bits per heavy atom. The van der Waals surface area contributed by atoms with Crippen LogP contribution in [0.5, 0.6) is 0 Å². The van der Waals surface area contributed by atoms with E-state index in [4.69, 9.17) is 0 Å². The Morgan fingerprint density at radius 3 is 1.10 bits per heavy atom. The molecule has 0 radical (unpaired) electrons. The molecular formula is C14H15F16N. The van der Waals surface area contributed by atoms with E-state index in [1.807, 2.05) is 5.32 Å². The highest BCUT2D eigenvalue weighted by molar-refractivity contribution is 5.02. The van der Waals surface area contributed by atoms with Gasteiger partial charge >= 0.3 is 48.4 Å². The molecule has 0 aromatic rings.